The molecular weight excluding hydrogens is 316 g/mol. The highest BCUT2D eigenvalue weighted by Gasteiger charge is 2.36. The number of thioether (sulfide) groups is 1. The molecule has 3 amide bonds. The highest BCUT2D eigenvalue weighted by Crippen LogP contribution is 2.32. The Morgan fingerprint density at radius 2 is 1.96 bits per heavy atom. The van der Waals surface area contributed by atoms with Crippen LogP contribution in [0.4, 0.5) is 10.5 Å². The number of nitrogens with zero attached hydrogens (tertiary/aromatic N) is 1. The molecule has 23 heavy (non-hydrogen) atoms. The lowest BCUT2D eigenvalue weighted by Crippen LogP contribution is -2.36. The highest BCUT2D eigenvalue weighted by atomic mass is 32.2. The number of anilines is 1. The Bertz CT molecular complexity index is 680. The van der Waals surface area contributed by atoms with Crippen LogP contribution in [0.2, 0.25) is 0 Å². The molecule has 0 spiro atoms. The monoisotopic (exact) mass is 334 g/mol. The van der Waals surface area contributed by atoms with Gasteiger partial charge in [0, 0.05) is 0 Å². The van der Waals surface area contributed by atoms with Crippen LogP contribution in [0.1, 0.15) is 20.8 Å². The lowest BCUT2D eigenvalue weighted by molar-refractivity contribution is -0.127. The summed E-state index contributed by atoms with van der Waals surface area (Å²) >= 11 is 0.862. The quantitative estimate of drug-likeness (QED) is 0.838. The van der Waals surface area contributed by atoms with E-state index < -0.39 is 17.1 Å². The molecule has 0 bridgehead atoms. The number of imide groups is 1. The van der Waals surface area contributed by atoms with Crippen molar-refractivity contribution in [1.82, 2.24) is 4.90 Å². The zero-order chi connectivity index (χ0) is 17.0. The molecule has 1 fully saturated rings. The van der Waals surface area contributed by atoms with Gasteiger partial charge in [0.15, 0.2) is 0 Å². The van der Waals surface area contributed by atoms with Crippen LogP contribution in [0.5, 0.6) is 5.75 Å². The maximum atomic E-state index is 12.2. The Balaban J connectivity index is 2.08. The van der Waals surface area contributed by atoms with E-state index in [4.69, 9.17) is 4.74 Å². The lowest BCUT2D eigenvalue weighted by atomic mass is 10.3. The van der Waals surface area contributed by atoms with Gasteiger partial charge in [0.05, 0.1) is 17.2 Å². The molecule has 1 N–H and O–H groups in total. The van der Waals surface area contributed by atoms with E-state index in [-0.39, 0.29) is 6.54 Å². The summed E-state index contributed by atoms with van der Waals surface area (Å²) in [7, 11) is 0. The third-order valence-electron chi connectivity index (χ3n) is 3.07. The molecule has 0 atom stereocenters. The molecule has 1 heterocycles. The first kappa shape index (κ1) is 17.1. The fourth-order valence-corrected chi connectivity index (χ4v) is 2.86. The van der Waals surface area contributed by atoms with Crippen molar-refractivity contribution in [1.29, 1.82) is 0 Å². The summed E-state index contributed by atoms with van der Waals surface area (Å²) in [6.07, 6.45) is 0. The first-order chi connectivity index (χ1) is 10.9. The third kappa shape index (κ3) is 3.92. The van der Waals surface area contributed by atoms with Crippen LogP contribution in [0.15, 0.2) is 34.7 Å². The average molecular weight is 334 g/mol. The van der Waals surface area contributed by atoms with Crippen LogP contribution in [-0.2, 0) is 9.59 Å². The van der Waals surface area contributed by atoms with Crippen molar-refractivity contribution in [3.8, 4) is 5.75 Å². The summed E-state index contributed by atoms with van der Waals surface area (Å²) in [4.78, 5) is 37.5. The van der Waals surface area contributed by atoms with E-state index in [9.17, 15) is 14.4 Å². The third-order valence-corrected chi connectivity index (χ3v) is 4.25. The van der Waals surface area contributed by atoms with Crippen LogP contribution in [-0.4, -0.2) is 35.1 Å². The van der Waals surface area contributed by atoms with Crippen LogP contribution < -0.4 is 10.1 Å². The summed E-state index contributed by atoms with van der Waals surface area (Å²) in [5, 5.41) is 2.24. The normalized spacial score (nSPS) is 14.2. The summed E-state index contributed by atoms with van der Waals surface area (Å²) in [6, 6.07) is 7.00. The molecule has 122 valence electrons. The second kappa shape index (κ2) is 7.32. The van der Waals surface area contributed by atoms with Gasteiger partial charge in [-0.2, -0.15) is 0 Å². The SMILES string of the molecule is CCOc1ccccc1NC(=O)CN1C(=O)SC(=C(C)C)C1=O. The molecule has 0 aliphatic carbocycles. The number of ether oxygens (including phenoxy) is 1. The predicted octanol–water partition coefficient (Wildman–Crippen LogP) is 3.01. The van der Waals surface area contributed by atoms with E-state index in [1.54, 1.807) is 38.1 Å². The molecule has 6 nitrogen and oxygen atoms in total. The topological polar surface area (TPSA) is 75.7 Å². The molecule has 1 aliphatic heterocycles. The number of rotatable bonds is 5. The molecule has 2 rings (SSSR count). The second-order valence-electron chi connectivity index (χ2n) is 5.07. The Kier molecular flexibility index (Phi) is 5.44. The van der Waals surface area contributed by atoms with E-state index in [0.717, 1.165) is 22.2 Å². The molecule has 1 aliphatic rings. The minimum Gasteiger partial charge on any atom is -0.492 e. The summed E-state index contributed by atoms with van der Waals surface area (Å²) in [6.45, 7) is 5.52. The maximum Gasteiger partial charge on any atom is 0.294 e. The van der Waals surface area contributed by atoms with Crippen molar-refractivity contribution < 1.29 is 19.1 Å². The lowest BCUT2D eigenvalue weighted by Gasteiger charge is -2.14. The fraction of sp³-hybridized carbons (Fsp3) is 0.312. The van der Waals surface area contributed by atoms with E-state index in [1.165, 1.54) is 0 Å². The number of para-hydroxylation sites is 2. The molecule has 1 saturated heterocycles. The number of amides is 3. The van der Waals surface area contributed by atoms with Crippen LogP contribution >= 0.6 is 11.8 Å². The van der Waals surface area contributed by atoms with Gasteiger partial charge in [-0.15, -0.1) is 0 Å². The summed E-state index contributed by atoms with van der Waals surface area (Å²) in [5.74, 6) is -0.329. The first-order valence-corrected chi connectivity index (χ1v) is 7.98. The Morgan fingerprint density at radius 3 is 2.57 bits per heavy atom. The predicted molar refractivity (Wildman–Crippen MR) is 89.3 cm³/mol. The molecule has 0 unspecified atom stereocenters. The number of nitrogens with one attached hydrogen (secondary N) is 1. The van der Waals surface area contributed by atoms with E-state index in [2.05, 4.69) is 5.32 Å². The Morgan fingerprint density at radius 1 is 1.26 bits per heavy atom. The molecule has 0 radical (unpaired) electrons. The van der Waals surface area contributed by atoms with E-state index in [0.29, 0.717) is 22.9 Å². The van der Waals surface area contributed by atoms with Gasteiger partial charge in [0.25, 0.3) is 11.1 Å². The van der Waals surface area contributed by atoms with Gasteiger partial charge in [-0.3, -0.25) is 19.3 Å². The smallest absolute Gasteiger partial charge is 0.294 e. The van der Waals surface area contributed by atoms with E-state index >= 15 is 0 Å². The number of carbonyl (C=O) groups excluding carboxylic acids is 3. The summed E-state index contributed by atoms with van der Waals surface area (Å²) in [5.41, 5.74) is 1.27. The Hall–Kier alpha value is -2.28. The fourth-order valence-electron chi connectivity index (χ4n) is 2.03. The van der Waals surface area contributed by atoms with Crippen LogP contribution in [0, 0.1) is 0 Å². The van der Waals surface area contributed by atoms with Crippen molar-refractivity contribution in [3.63, 3.8) is 0 Å². The van der Waals surface area contributed by atoms with Crippen molar-refractivity contribution in [3.05, 3.63) is 34.7 Å². The maximum absolute atomic E-state index is 12.2. The van der Waals surface area contributed by atoms with Crippen LogP contribution in [0.25, 0.3) is 0 Å². The van der Waals surface area contributed by atoms with Gasteiger partial charge >= 0.3 is 0 Å². The van der Waals surface area contributed by atoms with Gasteiger partial charge in [-0.05, 0) is 44.7 Å². The number of benzene rings is 1. The Labute approximate surface area is 138 Å². The number of hydrogen-bond donors (Lipinski definition) is 1. The van der Waals surface area contributed by atoms with Gasteiger partial charge in [0.1, 0.15) is 12.3 Å². The minimum absolute atomic E-state index is 0.318. The van der Waals surface area contributed by atoms with E-state index in [1.807, 2.05) is 6.92 Å². The summed E-state index contributed by atoms with van der Waals surface area (Å²) < 4.78 is 5.42. The standard InChI is InChI=1S/C16H18N2O4S/c1-4-22-12-8-6-5-7-11(12)17-13(19)9-18-15(20)14(10(2)3)23-16(18)21/h5-8H,4,9H2,1-3H3,(H,17,19). The second-order valence-corrected chi connectivity index (χ2v) is 6.03. The molecular formula is C16H18N2O4S. The van der Waals surface area contributed by atoms with Gasteiger partial charge < -0.3 is 10.1 Å². The zero-order valence-corrected chi connectivity index (χ0v) is 14.0. The van der Waals surface area contributed by atoms with Gasteiger partial charge in [0.2, 0.25) is 5.91 Å². The number of hydrogen-bond acceptors (Lipinski definition) is 5. The highest BCUT2D eigenvalue weighted by molar-refractivity contribution is 8.18. The minimum atomic E-state index is -0.450. The van der Waals surface area contributed by atoms with Gasteiger partial charge in [-0.25, -0.2) is 0 Å². The molecule has 1 aromatic carbocycles. The van der Waals surface area contributed by atoms with Gasteiger partial charge in [-0.1, -0.05) is 17.7 Å². The average Bonchev–Trinajstić information content (AvgIpc) is 2.78. The first-order valence-electron chi connectivity index (χ1n) is 7.16. The van der Waals surface area contributed by atoms with Crippen molar-refractivity contribution in [2.45, 2.75) is 20.8 Å². The molecule has 7 heteroatoms. The van der Waals surface area contributed by atoms with Crippen molar-refractivity contribution in [2.24, 2.45) is 0 Å². The van der Waals surface area contributed by atoms with Crippen molar-refractivity contribution >= 4 is 34.5 Å². The molecule has 1 aromatic rings. The number of carbonyl (C=O) groups is 3. The number of allylic oxidation sites excluding steroid dienone is 1. The molecule has 0 saturated carbocycles. The zero-order valence-electron chi connectivity index (χ0n) is 13.2. The van der Waals surface area contributed by atoms with Crippen molar-refractivity contribution in [2.75, 3.05) is 18.5 Å². The molecule has 0 aromatic heterocycles. The van der Waals surface area contributed by atoms with Crippen LogP contribution in [0.3, 0.4) is 0 Å². The largest absolute Gasteiger partial charge is 0.492 e.